The molecular formula is C26H25BrN4O2. The number of halogens is 1. The van der Waals surface area contributed by atoms with Crippen LogP contribution in [-0.4, -0.2) is 34.4 Å². The lowest BCUT2D eigenvalue weighted by molar-refractivity contribution is 0.0525. The number of carbonyl (C=O) groups excluding carboxylic acids is 1. The molecule has 7 heteroatoms. The van der Waals surface area contributed by atoms with E-state index in [9.17, 15) is 4.79 Å². The van der Waals surface area contributed by atoms with Gasteiger partial charge in [-0.1, -0.05) is 42.5 Å². The highest BCUT2D eigenvalue weighted by Crippen LogP contribution is 2.24. The van der Waals surface area contributed by atoms with Crippen LogP contribution in [0.4, 0.5) is 5.82 Å². The molecule has 0 radical (unpaired) electrons. The number of pyridine rings is 1. The van der Waals surface area contributed by atoms with E-state index in [-0.39, 0.29) is 5.97 Å². The fourth-order valence-electron chi connectivity index (χ4n) is 3.63. The first-order chi connectivity index (χ1) is 16.0. The number of esters is 1. The minimum absolute atomic E-state index is 0.307. The molecule has 2 heterocycles. The molecule has 0 bridgehead atoms. The topological polar surface area (TPSA) is 60.2 Å². The molecule has 33 heavy (non-hydrogen) atoms. The molecule has 0 spiro atoms. The van der Waals surface area contributed by atoms with Gasteiger partial charge in [-0.25, -0.2) is 9.78 Å². The molecule has 168 valence electrons. The van der Waals surface area contributed by atoms with Crippen molar-refractivity contribution in [3.63, 3.8) is 0 Å². The van der Waals surface area contributed by atoms with Crippen LogP contribution in [0.2, 0.25) is 0 Å². The zero-order valence-corrected chi connectivity index (χ0v) is 20.2. The van der Waals surface area contributed by atoms with Gasteiger partial charge in [-0.3, -0.25) is 4.68 Å². The highest BCUT2D eigenvalue weighted by Gasteiger charge is 2.13. The average molecular weight is 505 g/mol. The third-order valence-electron chi connectivity index (χ3n) is 5.26. The van der Waals surface area contributed by atoms with Gasteiger partial charge in [0.1, 0.15) is 5.82 Å². The van der Waals surface area contributed by atoms with Gasteiger partial charge in [-0.15, -0.1) is 0 Å². The van der Waals surface area contributed by atoms with Gasteiger partial charge in [0.2, 0.25) is 0 Å². The molecule has 0 aliphatic rings. The molecule has 2 aromatic heterocycles. The first kappa shape index (κ1) is 22.7. The van der Waals surface area contributed by atoms with Gasteiger partial charge in [0.15, 0.2) is 0 Å². The van der Waals surface area contributed by atoms with E-state index < -0.39 is 0 Å². The van der Waals surface area contributed by atoms with Crippen LogP contribution in [0.3, 0.4) is 0 Å². The first-order valence-electron chi connectivity index (χ1n) is 10.7. The first-order valence-corrected chi connectivity index (χ1v) is 11.5. The summed E-state index contributed by atoms with van der Waals surface area (Å²) in [5.41, 5.74) is 4.56. The van der Waals surface area contributed by atoms with E-state index in [1.54, 1.807) is 19.2 Å². The fourth-order valence-corrected chi connectivity index (χ4v) is 4.19. The lowest BCUT2D eigenvalue weighted by Gasteiger charge is -2.19. The lowest BCUT2D eigenvalue weighted by atomic mass is 10.1. The molecule has 0 atom stereocenters. The predicted octanol–water partition coefficient (Wildman–Crippen LogP) is 5.57. The number of anilines is 1. The van der Waals surface area contributed by atoms with Gasteiger partial charge in [-0.05, 0) is 58.2 Å². The summed E-state index contributed by atoms with van der Waals surface area (Å²) in [7, 11) is 2.02. The Kier molecular flexibility index (Phi) is 7.19. The molecule has 4 aromatic rings. The lowest BCUT2D eigenvalue weighted by Crippen LogP contribution is -2.18. The van der Waals surface area contributed by atoms with Crippen LogP contribution < -0.4 is 4.90 Å². The number of hydrogen-bond acceptors (Lipinski definition) is 5. The molecule has 6 nitrogen and oxygen atoms in total. The quantitative estimate of drug-likeness (QED) is 0.293. The van der Waals surface area contributed by atoms with E-state index >= 15 is 0 Å². The maximum atomic E-state index is 12.2. The summed E-state index contributed by atoms with van der Waals surface area (Å²) in [5.74, 6) is 0.599. The van der Waals surface area contributed by atoms with E-state index in [0.717, 1.165) is 33.7 Å². The van der Waals surface area contributed by atoms with Crippen molar-refractivity contribution in [3.8, 4) is 11.3 Å². The Morgan fingerprint density at radius 2 is 1.85 bits per heavy atom. The van der Waals surface area contributed by atoms with Gasteiger partial charge in [0.05, 0.1) is 28.9 Å². The second kappa shape index (κ2) is 10.4. The van der Waals surface area contributed by atoms with Gasteiger partial charge in [0, 0.05) is 31.5 Å². The Labute approximate surface area is 202 Å². The molecule has 0 aliphatic heterocycles. The Balaban J connectivity index is 1.45. The van der Waals surface area contributed by atoms with E-state index in [1.165, 1.54) is 5.56 Å². The minimum atomic E-state index is -0.307. The number of rotatable bonds is 8. The molecule has 0 saturated carbocycles. The molecule has 0 unspecified atom stereocenters. The van der Waals surface area contributed by atoms with Gasteiger partial charge in [-0.2, -0.15) is 5.10 Å². The maximum Gasteiger partial charge on any atom is 0.338 e. The van der Waals surface area contributed by atoms with Crippen LogP contribution in [-0.2, 0) is 17.8 Å². The number of ether oxygens (including phenoxy) is 1. The maximum absolute atomic E-state index is 12.2. The molecule has 2 aromatic carbocycles. The predicted molar refractivity (Wildman–Crippen MR) is 133 cm³/mol. The summed E-state index contributed by atoms with van der Waals surface area (Å²) >= 11 is 3.56. The molecule has 0 amide bonds. The van der Waals surface area contributed by atoms with Crippen molar-refractivity contribution in [3.05, 3.63) is 100 Å². The SMILES string of the molecule is CCOC(=O)c1ccccc1Cn1ccc(-c2ccc(CN(C)c3ncccc3Br)cc2)n1. The van der Waals surface area contributed by atoms with Crippen LogP contribution in [0.15, 0.2) is 83.6 Å². The van der Waals surface area contributed by atoms with Crippen molar-refractivity contribution >= 4 is 27.7 Å². The largest absolute Gasteiger partial charge is 0.462 e. The Bertz CT molecular complexity index is 1240. The second-order valence-electron chi connectivity index (χ2n) is 7.64. The molecule has 0 aliphatic carbocycles. The molecular weight excluding hydrogens is 480 g/mol. The van der Waals surface area contributed by atoms with Gasteiger partial charge >= 0.3 is 5.97 Å². The number of benzene rings is 2. The standard InChI is InChI=1S/C26H25BrN4O2/c1-3-33-26(32)22-8-5-4-7-21(22)18-31-16-14-24(29-31)20-12-10-19(11-13-20)17-30(2)25-23(27)9-6-15-28-25/h4-16H,3,17-18H2,1-2H3. The number of carbonyl (C=O) groups is 1. The number of nitrogens with zero attached hydrogens (tertiary/aromatic N) is 4. The van der Waals surface area contributed by atoms with Crippen molar-refractivity contribution in [1.82, 2.24) is 14.8 Å². The van der Waals surface area contributed by atoms with E-state index in [0.29, 0.717) is 18.7 Å². The van der Waals surface area contributed by atoms with Crippen molar-refractivity contribution < 1.29 is 9.53 Å². The molecule has 0 fully saturated rings. The van der Waals surface area contributed by atoms with Gasteiger partial charge in [0.25, 0.3) is 0 Å². The summed E-state index contributed by atoms with van der Waals surface area (Å²) < 4.78 is 7.99. The monoisotopic (exact) mass is 504 g/mol. The van der Waals surface area contributed by atoms with E-state index in [2.05, 4.69) is 50.1 Å². The van der Waals surface area contributed by atoms with Crippen molar-refractivity contribution in [2.24, 2.45) is 0 Å². The van der Waals surface area contributed by atoms with Crippen molar-refractivity contribution in [2.45, 2.75) is 20.0 Å². The zero-order chi connectivity index (χ0) is 23.2. The normalized spacial score (nSPS) is 10.8. The summed E-state index contributed by atoms with van der Waals surface area (Å²) in [6.45, 7) is 3.40. The molecule has 0 N–H and O–H groups in total. The Morgan fingerprint density at radius 1 is 1.06 bits per heavy atom. The summed E-state index contributed by atoms with van der Waals surface area (Å²) in [6.07, 6.45) is 3.72. The number of hydrogen-bond donors (Lipinski definition) is 0. The summed E-state index contributed by atoms with van der Waals surface area (Å²) in [5, 5.41) is 4.71. The van der Waals surface area contributed by atoms with Crippen molar-refractivity contribution in [2.75, 3.05) is 18.6 Å². The third kappa shape index (κ3) is 5.49. The van der Waals surface area contributed by atoms with Crippen LogP contribution in [0.5, 0.6) is 0 Å². The smallest absolute Gasteiger partial charge is 0.338 e. The van der Waals surface area contributed by atoms with Crippen LogP contribution in [0, 0.1) is 0 Å². The Hall–Kier alpha value is -3.45. The van der Waals surface area contributed by atoms with E-state index in [4.69, 9.17) is 9.84 Å². The summed E-state index contributed by atoms with van der Waals surface area (Å²) in [6, 6.07) is 21.7. The molecule has 0 saturated heterocycles. The highest BCUT2D eigenvalue weighted by atomic mass is 79.9. The third-order valence-corrected chi connectivity index (χ3v) is 5.87. The van der Waals surface area contributed by atoms with E-state index in [1.807, 2.05) is 54.3 Å². The summed E-state index contributed by atoms with van der Waals surface area (Å²) in [4.78, 5) is 18.8. The average Bonchev–Trinajstić information content (AvgIpc) is 3.29. The molecule has 4 rings (SSSR count). The second-order valence-corrected chi connectivity index (χ2v) is 8.49. The van der Waals surface area contributed by atoms with Gasteiger partial charge < -0.3 is 9.64 Å². The van der Waals surface area contributed by atoms with Crippen LogP contribution in [0.25, 0.3) is 11.3 Å². The van der Waals surface area contributed by atoms with Crippen LogP contribution >= 0.6 is 15.9 Å². The van der Waals surface area contributed by atoms with Crippen LogP contribution in [0.1, 0.15) is 28.4 Å². The highest BCUT2D eigenvalue weighted by molar-refractivity contribution is 9.10. The Morgan fingerprint density at radius 3 is 2.61 bits per heavy atom. The zero-order valence-electron chi connectivity index (χ0n) is 18.6. The minimum Gasteiger partial charge on any atom is -0.462 e. The fraction of sp³-hybridized carbons (Fsp3) is 0.192. The van der Waals surface area contributed by atoms with Crippen molar-refractivity contribution in [1.29, 1.82) is 0 Å². The number of aromatic nitrogens is 3.